The number of anilines is 1. The Morgan fingerprint density at radius 3 is 2.74 bits per heavy atom. The van der Waals surface area contributed by atoms with E-state index in [1.807, 2.05) is 18.2 Å². The van der Waals surface area contributed by atoms with Gasteiger partial charge >= 0.3 is 0 Å². The second-order valence-corrected chi connectivity index (χ2v) is 6.11. The average Bonchev–Trinajstić information content (AvgIpc) is 2.98. The molecule has 0 aliphatic heterocycles. The summed E-state index contributed by atoms with van der Waals surface area (Å²) in [4.78, 5) is 12.5. The summed E-state index contributed by atoms with van der Waals surface area (Å²) < 4.78 is 34.0. The van der Waals surface area contributed by atoms with Crippen molar-refractivity contribution in [3.8, 4) is 5.75 Å². The lowest BCUT2D eigenvalue weighted by molar-refractivity contribution is -0.115. The maximum absolute atomic E-state index is 13.9. The van der Waals surface area contributed by atoms with Crippen LogP contribution in [0.25, 0.3) is 0 Å². The van der Waals surface area contributed by atoms with Crippen LogP contribution in [0.5, 0.6) is 5.75 Å². The molecule has 1 amide bonds. The van der Waals surface area contributed by atoms with E-state index in [0.29, 0.717) is 11.6 Å². The summed E-state index contributed by atoms with van der Waals surface area (Å²) in [5, 5.41) is 6.97. The van der Waals surface area contributed by atoms with E-state index in [1.165, 1.54) is 4.68 Å². The third-order valence-corrected chi connectivity index (χ3v) is 4.15. The van der Waals surface area contributed by atoms with E-state index in [1.54, 1.807) is 26.3 Å². The molecule has 5 nitrogen and oxygen atoms in total. The summed E-state index contributed by atoms with van der Waals surface area (Å²) in [5.41, 5.74) is 1.62. The highest BCUT2D eigenvalue weighted by molar-refractivity contribution is 5.92. The number of hydrogen-bond acceptors (Lipinski definition) is 3. The fourth-order valence-electron chi connectivity index (χ4n) is 2.79. The van der Waals surface area contributed by atoms with E-state index >= 15 is 0 Å². The molecule has 1 heterocycles. The van der Waals surface area contributed by atoms with Gasteiger partial charge in [0.2, 0.25) is 5.91 Å². The number of benzene rings is 2. The molecule has 0 saturated carbocycles. The number of halogens is 2. The average molecular weight is 371 g/mol. The normalized spacial score (nSPS) is 10.7. The van der Waals surface area contributed by atoms with Gasteiger partial charge in [-0.3, -0.25) is 4.79 Å². The zero-order chi connectivity index (χ0) is 19.4. The van der Waals surface area contributed by atoms with Crippen LogP contribution in [0.3, 0.4) is 0 Å². The van der Waals surface area contributed by atoms with Crippen molar-refractivity contribution in [1.29, 1.82) is 0 Å². The van der Waals surface area contributed by atoms with Crippen molar-refractivity contribution in [3.63, 3.8) is 0 Å². The first kappa shape index (κ1) is 18.6. The number of carbonyl (C=O) groups is 1. The molecule has 2 aromatic carbocycles. The molecule has 0 bridgehead atoms. The van der Waals surface area contributed by atoms with Crippen LogP contribution in [0.4, 0.5) is 14.6 Å². The fraction of sp³-hybridized carbons (Fsp3) is 0.200. The lowest BCUT2D eigenvalue weighted by atomic mass is 10.1. The van der Waals surface area contributed by atoms with Crippen LogP contribution in [0, 0.1) is 18.6 Å². The molecule has 1 N–H and O–H groups in total. The number of nitrogens with zero attached hydrogens (tertiary/aromatic N) is 2. The van der Waals surface area contributed by atoms with E-state index < -0.39 is 11.6 Å². The number of methoxy groups -OCH3 is 1. The van der Waals surface area contributed by atoms with Gasteiger partial charge in [0.25, 0.3) is 0 Å². The van der Waals surface area contributed by atoms with E-state index in [4.69, 9.17) is 4.74 Å². The monoisotopic (exact) mass is 371 g/mol. The number of ether oxygens (including phenoxy) is 1. The van der Waals surface area contributed by atoms with Crippen LogP contribution in [0.15, 0.2) is 48.7 Å². The first-order valence-electron chi connectivity index (χ1n) is 8.36. The van der Waals surface area contributed by atoms with Crippen molar-refractivity contribution in [2.24, 2.45) is 0 Å². The van der Waals surface area contributed by atoms with E-state index in [9.17, 15) is 13.6 Å². The molecule has 140 valence electrons. The van der Waals surface area contributed by atoms with E-state index in [0.717, 1.165) is 29.3 Å². The molecule has 0 fully saturated rings. The number of carbonyl (C=O) groups excluding carboxylic acids is 1. The van der Waals surface area contributed by atoms with E-state index in [2.05, 4.69) is 10.4 Å². The minimum absolute atomic E-state index is 0.00169. The number of aryl methyl sites for hydroxylation is 1. The van der Waals surface area contributed by atoms with Crippen molar-refractivity contribution < 1.29 is 18.3 Å². The quantitative estimate of drug-likeness (QED) is 0.719. The largest absolute Gasteiger partial charge is 0.496 e. The molecular formula is C20H19F2N3O2. The smallest absolute Gasteiger partial charge is 0.230 e. The van der Waals surface area contributed by atoms with Gasteiger partial charge in [-0.15, -0.1) is 0 Å². The number of para-hydroxylation sites is 1. The molecule has 0 unspecified atom stereocenters. The van der Waals surface area contributed by atoms with Crippen molar-refractivity contribution >= 4 is 11.7 Å². The number of nitrogens with one attached hydrogen (secondary N) is 1. The molecule has 0 aliphatic carbocycles. The second-order valence-electron chi connectivity index (χ2n) is 6.11. The Morgan fingerprint density at radius 2 is 1.96 bits per heavy atom. The number of rotatable bonds is 6. The van der Waals surface area contributed by atoms with Gasteiger partial charge in [0.15, 0.2) is 0 Å². The second kappa shape index (κ2) is 7.99. The first-order valence-corrected chi connectivity index (χ1v) is 8.36. The molecule has 0 aliphatic rings. The molecular weight excluding hydrogens is 352 g/mol. The highest BCUT2D eigenvalue weighted by Crippen LogP contribution is 2.21. The molecule has 27 heavy (non-hydrogen) atoms. The molecule has 0 atom stereocenters. The lowest BCUT2D eigenvalue weighted by Gasteiger charge is -2.12. The Kier molecular flexibility index (Phi) is 5.49. The minimum Gasteiger partial charge on any atom is -0.496 e. The molecule has 0 spiro atoms. The van der Waals surface area contributed by atoms with Gasteiger partial charge in [-0.25, -0.2) is 13.5 Å². The lowest BCUT2D eigenvalue weighted by Crippen LogP contribution is -2.19. The Balaban J connectivity index is 1.78. The van der Waals surface area contributed by atoms with Crippen LogP contribution >= 0.6 is 0 Å². The maximum atomic E-state index is 13.9. The van der Waals surface area contributed by atoms with Gasteiger partial charge < -0.3 is 10.1 Å². The third-order valence-electron chi connectivity index (χ3n) is 4.15. The topological polar surface area (TPSA) is 56.1 Å². The van der Waals surface area contributed by atoms with Gasteiger partial charge in [0.1, 0.15) is 23.2 Å². The van der Waals surface area contributed by atoms with Crippen molar-refractivity contribution in [1.82, 2.24) is 9.78 Å². The van der Waals surface area contributed by atoms with Crippen LogP contribution in [0.2, 0.25) is 0 Å². The molecule has 3 rings (SSSR count). The Labute approximate surface area is 155 Å². The first-order chi connectivity index (χ1) is 13.0. The van der Waals surface area contributed by atoms with Gasteiger partial charge in [-0.05, 0) is 31.2 Å². The number of amides is 1. The van der Waals surface area contributed by atoms with Crippen LogP contribution < -0.4 is 10.1 Å². The van der Waals surface area contributed by atoms with E-state index in [-0.39, 0.29) is 24.4 Å². The summed E-state index contributed by atoms with van der Waals surface area (Å²) >= 11 is 0. The highest BCUT2D eigenvalue weighted by atomic mass is 19.1. The van der Waals surface area contributed by atoms with Crippen LogP contribution in [-0.4, -0.2) is 22.8 Å². The number of aromatic nitrogens is 2. The molecule has 0 radical (unpaired) electrons. The summed E-state index contributed by atoms with van der Waals surface area (Å²) in [6.45, 7) is 1.78. The highest BCUT2D eigenvalue weighted by Gasteiger charge is 2.15. The Morgan fingerprint density at radius 1 is 1.19 bits per heavy atom. The predicted molar refractivity (Wildman–Crippen MR) is 97.8 cm³/mol. The zero-order valence-corrected chi connectivity index (χ0v) is 15.0. The third kappa shape index (κ3) is 4.31. The summed E-state index contributed by atoms with van der Waals surface area (Å²) in [7, 11) is 1.55. The Bertz CT molecular complexity index is 970. The molecule has 1 aromatic heterocycles. The minimum atomic E-state index is -0.532. The van der Waals surface area contributed by atoms with Crippen molar-refractivity contribution in [2.75, 3.05) is 12.4 Å². The van der Waals surface area contributed by atoms with Gasteiger partial charge in [0.05, 0.1) is 26.3 Å². The maximum Gasteiger partial charge on any atom is 0.230 e. The van der Waals surface area contributed by atoms with Crippen LogP contribution in [-0.2, 0) is 17.8 Å². The van der Waals surface area contributed by atoms with Gasteiger partial charge in [-0.1, -0.05) is 18.2 Å². The summed E-state index contributed by atoms with van der Waals surface area (Å²) in [6, 6.07) is 10.5. The Hall–Kier alpha value is -3.22. The standard InChI is InChI=1S/C20H19F2N3O2/c1-13-11-23-25(12-15-9-16(21)7-8-17(15)22)20(13)24-19(26)10-14-5-3-4-6-18(14)27-2/h3-9,11H,10,12H2,1-2H3,(H,24,26). The van der Waals surface area contributed by atoms with Crippen LogP contribution in [0.1, 0.15) is 16.7 Å². The SMILES string of the molecule is COc1ccccc1CC(=O)Nc1c(C)cnn1Cc1cc(F)ccc1F. The van der Waals surface area contributed by atoms with Gasteiger partial charge in [-0.2, -0.15) is 5.10 Å². The number of hydrogen-bond donors (Lipinski definition) is 1. The molecule has 3 aromatic rings. The van der Waals surface area contributed by atoms with Crippen molar-refractivity contribution in [2.45, 2.75) is 19.9 Å². The zero-order valence-electron chi connectivity index (χ0n) is 15.0. The van der Waals surface area contributed by atoms with Crippen molar-refractivity contribution in [3.05, 3.63) is 77.0 Å². The molecule has 7 heteroatoms. The molecule has 0 saturated heterocycles. The summed E-state index contributed by atoms with van der Waals surface area (Å²) in [6.07, 6.45) is 1.68. The predicted octanol–water partition coefficient (Wildman–Crippen LogP) is 3.71. The fourth-order valence-corrected chi connectivity index (χ4v) is 2.79. The summed E-state index contributed by atoms with van der Waals surface area (Å²) in [5.74, 6) is -0.254. The van der Waals surface area contributed by atoms with Gasteiger partial charge in [0, 0.05) is 16.7 Å².